The van der Waals surface area contributed by atoms with Crippen LogP contribution in [0, 0.1) is 24.5 Å². The molecule has 200 valence electrons. The van der Waals surface area contributed by atoms with E-state index < -0.39 is 11.6 Å². The molecule has 2 N–H and O–H groups in total. The number of hydrogen-bond acceptors (Lipinski definition) is 5. The standard InChI is InChI=1S/C21H33N3O.C9H6F2O/c1-16-4-3-5-18-20(16)22-15-21(18)8-12-24(13-9-21)14-19(25)17-6-10-23(2)11-7-17;10-8-4-7(2-1-3-12)5-9(11)6-8/h3-5,17,19,22,25H,6-15H2,1-2H3;1-6H/b;2-1+. The SMILES string of the molecule is Cc1cccc2c1NCC21CCN(CC(O)C2CCN(C)CC2)CC1.O=C/C=C/c1cc(F)cc(F)c1. The lowest BCUT2D eigenvalue weighted by Crippen LogP contribution is -2.48. The van der Waals surface area contributed by atoms with Crippen molar-refractivity contribution in [2.45, 2.75) is 44.1 Å². The molecule has 0 radical (unpaired) electrons. The van der Waals surface area contributed by atoms with Gasteiger partial charge in [-0.25, -0.2) is 8.78 Å². The Hall–Kier alpha value is -2.61. The molecular formula is C30H39F2N3O2. The highest BCUT2D eigenvalue weighted by atomic mass is 19.1. The molecule has 0 aromatic heterocycles. The van der Waals surface area contributed by atoms with Gasteiger partial charge in [-0.1, -0.05) is 24.3 Å². The third-order valence-electron chi connectivity index (χ3n) is 8.27. The molecule has 7 heteroatoms. The first-order chi connectivity index (χ1) is 17.8. The molecule has 2 aromatic rings. The number of nitrogens with zero attached hydrogens (tertiary/aromatic N) is 2. The molecule has 1 atom stereocenters. The molecule has 2 fully saturated rings. The van der Waals surface area contributed by atoms with Crippen molar-refractivity contribution >= 4 is 18.0 Å². The van der Waals surface area contributed by atoms with Crippen LogP contribution in [0.15, 0.2) is 42.5 Å². The van der Waals surface area contributed by atoms with Crippen molar-refractivity contribution in [2.24, 2.45) is 5.92 Å². The minimum atomic E-state index is -0.652. The molecule has 0 aliphatic carbocycles. The van der Waals surface area contributed by atoms with E-state index in [0.717, 1.165) is 70.3 Å². The zero-order valence-electron chi connectivity index (χ0n) is 21.9. The van der Waals surface area contributed by atoms with Gasteiger partial charge >= 0.3 is 0 Å². The number of aliphatic hydroxyl groups excluding tert-OH is 1. The van der Waals surface area contributed by atoms with Crippen molar-refractivity contribution in [2.75, 3.05) is 51.6 Å². The van der Waals surface area contributed by atoms with Crippen LogP contribution in [0.5, 0.6) is 0 Å². The Balaban J connectivity index is 0.000000225. The lowest BCUT2D eigenvalue weighted by Gasteiger charge is -2.41. The number of aldehydes is 1. The van der Waals surface area contributed by atoms with Crippen LogP contribution in [0.2, 0.25) is 0 Å². The third-order valence-corrected chi connectivity index (χ3v) is 8.27. The summed E-state index contributed by atoms with van der Waals surface area (Å²) in [5.41, 5.74) is 4.93. The minimum absolute atomic E-state index is 0.154. The van der Waals surface area contributed by atoms with Gasteiger partial charge in [-0.2, -0.15) is 0 Å². The van der Waals surface area contributed by atoms with E-state index in [1.54, 1.807) is 0 Å². The van der Waals surface area contributed by atoms with Gasteiger partial charge in [0.05, 0.1) is 6.10 Å². The summed E-state index contributed by atoms with van der Waals surface area (Å²) in [7, 11) is 2.18. The Bertz CT molecular complexity index is 1070. The lowest BCUT2D eigenvalue weighted by atomic mass is 9.74. The molecule has 5 nitrogen and oxygen atoms in total. The van der Waals surface area contributed by atoms with Gasteiger partial charge in [0, 0.05) is 30.3 Å². The molecule has 3 aliphatic rings. The number of benzene rings is 2. The number of aryl methyl sites for hydroxylation is 1. The highest BCUT2D eigenvalue weighted by molar-refractivity contribution is 5.73. The molecule has 3 heterocycles. The molecule has 0 saturated carbocycles. The highest BCUT2D eigenvalue weighted by Gasteiger charge is 2.42. The van der Waals surface area contributed by atoms with Crippen LogP contribution in [0.25, 0.3) is 6.08 Å². The fourth-order valence-corrected chi connectivity index (χ4v) is 5.96. The molecule has 2 aromatic carbocycles. The van der Waals surface area contributed by atoms with Crippen LogP contribution in [0.3, 0.4) is 0 Å². The van der Waals surface area contributed by atoms with Crippen molar-refractivity contribution in [1.82, 2.24) is 9.80 Å². The normalized spacial score (nSPS) is 20.8. The van der Waals surface area contributed by atoms with Gasteiger partial charge in [-0.15, -0.1) is 0 Å². The molecule has 37 heavy (non-hydrogen) atoms. The van der Waals surface area contributed by atoms with Crippen LogP contribution in [-0.2, 0) is 10.2 Å². The Kier molecular flexibility index (Phi) is 9.11. The number of fused-ring (bicyclic) bond motifs is 2. The van der Waals surface area contributed by atoms with Gasteiger partial charge in [0.1, 0.15) is 17.9 Å². The van der Waals surface area contributed by atoms with E-state index in [2.05, 4.69) is 47.3 Å². The van der Waals surface area contributed by atoms with Crippen LogP contribution in [0.4, 0.5) is 14.5 Å². The number of rotatable bonds is 5. The minimum Gasteiger partial charge on any atom is -0.392 e. The molecule has 0 amide bonds. The second kappa shape index (κ2) is 12.3. The molecule has 2 saturated heterocycles. The van der Waals surface area contributed by atoms with Gasteiger partial charge in [-0.05, 0) is 107 Å². The fraction of sp³-hybridized carbons (Fsp3) is 0.500. The Morgan fingerprint density at radius 3 is 2.43 bits per heavy atom. The number of piperidine rings is 2. The number of carbonyl (C=O) groups is 1. The maximum atomic E-state index is 12.5. The van der Waals surface area contributed by atoms with Crippen molar-refractivity contribution in [3.05, 3.63) is 70.8 Å². The smallest absolute Gasteiger partial charge is 0.142 e. The number of allylic oxidation sites excluding steroid dienone is 1. The average Bonchev–Trinajstić information content (AvgIpc) is 3.24. The van der Waals surface area contributed by atoms with Crippen LogP contribution in [-0.4, -0.2) is 73.6 Å². The molecule has 3 aliphatic heterocycles. The van der Waals surface area contributed by atoms with Crippen molar-refractivity contribution in [3.8, 4) is 0 Å². The maximum absolute atomic E-state index is 12.5. The largest absolute Gasteiger partial charge is 0.392 e. The van der Waals surface area contributed by atoms with E-state index in [4.69, 9.17) is 0 Å². The third kappa shape index (κ3) is 6.83. The first kappa shape index (κ1) is 27.4. The summed E-state index contributed by atoms with van der Waals surface area (Å²) in [6, 6.07) is 9.80. The second-order valence-corrected chi connectivity index (χ2v) is 10.8. The summed E-state index contributed by atoms with van der Waals surface area (Å²) in [5.74, 6) is -0.815. The first-order valence-corrected chi connectivity index (χ1v) is 13.3. The Morgan fingerprint density at radius 1 is 1.11 bits per heavy atom. The number of hydrogen-bond donors (Lipinski definition) is 2. The molecule has 1 unspecified atom stereocenters. The van der Waals surface area contributed by atoms with E-state index >= 15 is 0 Å². The predicted molar refractivity (Wildman–Crippen MR) is 145 cm³/mol. The zero-order valence-corrected chi connectivity index (χ0v) is 21.9. The topological polar surface area (TPSA) is 55.8 Å². The van der Waals surface area contributed by atoms with E-state index in [-0.39, 0.29) is 6.10 Å². The van der Waals surface area contributed by atoms with Crippen molar-refractivity contribution < 1.29 is 18.7 Å². The monoisotopic (exact) mass is 511 g/mol. The summed E-state index contributed by atoms with van der Waals surface area (Å²) in [6.45, 7) is 8.63. The number of likely N-dealkylation sites (tertiary alicyclic amines) is 2. The maximum Gasteiger partial charge on any atom is 0.142 e. The molecule has 5 rings (SSSR count). The highest BCUT2D eigenvalue weighted by Crippen LogP contribution is 2.45. The quantitative estimate of drug-likeness (QED) is 0.453. The summed E-state index contributed by atoms with van der Waals surface area (Å²) in [5, 5.41) is 14.4. The number of anilines is 1. The van der Waals surface area contributed by atoms with E-state index in [9.17, 15) is 18.7 Å². The summed E-state index contributed by atoms with van der Waals surface area (Å²) in [6.07, 6.45) is 7.60. The van der Waals surface area contributed by atoms with Crippen LogP contribution in [0.1, 0.15) is 42.4 Å². The zero-order chi connectivity index (χ0) is 26.4. The number of aliphatic hydroxyl groups is 1. The van der Waals surface area contributed by atoms with Gasteiger partial charge < -0.3 is 20.2 Å². The second-order valence-electron chi connectivity index (χ2n) is 10.8. The lowest BCUT2D eigenvalue weighted by molar-refractivity contribution is -0.104. The summed E-state index contributed by atoms with van der Waals surface area (Å²) >= 11 is 0. The average molecular weight is 512 g/mol. The predicted octanol–water partition coefficient (Wildman–Crippen LogP) is 4.63. The first-order valence-electron chi connectivity index (χ1n) is 13.3. The van der Waals surface area contributed by atoms with Crippen molar-refractivity contribution in [1.29, 1.82) is 0 Å². The van der Waals surface area contributed by atoms with E-state index in [1.807, 2.05) is 0 Å². The van der Waals surface area contributed by atoms with Crippen LogP contribution < -0.4 is 5.32 Å². The Morgan fingerprint density at radius 2 is 1.78 bits per heavy atom. The molecule has 1 spiro atoms. The van der Waals surface area contributed by atoms with Crippen molar-refractivity contribution in [3.63, 3.8) is 0 Å². The van der Waals surface area contributed by atoms with Gasteiger partial charge in [0.2, 0.25) is 0 Å². The number of nitrogens with one attached hydrogen (secondary N) is 1. The number of para-hydroxylation sites is 1. The van der Waals surface area contributed by atoms with E-state index in [1.165, 1.54) is 41.8 Å². The summed E-state index contributed by atoms with van der Waals surface area (Å²) < 4.78 is 25.0. The fourth-order valence-electron chi connectivity index (χ4n) is 5.96. The number of halogens is 2. The number of carbonyl (C=O) groups excluding carboxylic acids is 1. The van der Waals surface area contributed by atoms with E-state index in [0.29, 0.717) is 23.2 Å². The summed E-state index contributed by atoms with van der Waals surface area (Å²) in [4.78, 5) is 14.8. The molecular weight excluding hydrogens is 472 g/mol. The van der Waals surface area contributed by atoms with Crippen LogP contribution >= 0.6 is 0 Å². The van der Waals surface area contributed by atoms with Gasteiger partial charge in [0.25, 0.3) is 0 Å². The number of β-amino-alcohol motifs (C(OH)–C–C–N with tert-alkyl or cyclic N) is 1. The van der Waals surface area contributed by atoms with Gasteiger partial charge in [0.15, 0.2) is 0 Å². The Labute approximate surface area is 219 Å². The molecule has 0 bridgehead atoms. The van der Waals surface area contributed by atoms with Gasteiger partial charge in [-0.3, -0.25) is 4.79 Å².